The third kappa shape index (κ3) is 3.11. The molecule has 0 aliphatic rings. The highest BCUT2D eigenvalue weighted by Crippen LogP contribution is 2.34. The molecule has 0 spiro atoms. The second-order valence-corrected chi connectivity index (χ2v) is 4.11. The van der Waals surface area contributed by atoms with E-state index >= 15 is 0 Å². The van der Waals surface area contributed by atoms with Gasteiger partial charge in [-0.15, -0.1) is 0 Å². The number of carbonyl (C=O) groups is 1. The highest BCUT2D eigenvalue weighted by Gasteiger charge is 2.10. The molecule has 0 heterocycles. The first-order valence-corrected chi connectivity index (χ1v) is 5.34. The fourth-order valence-electron chi connectivity index (χ4n) is 1.15. The molecule has 0 aromatic heterocycles. The number of rotatable bonds is 3. The lowest BCUT2D eigenvalue weighted by Crippen LogP contribution is -2.04. The van der Waals surface area contributed by atoms with Gasteiger partial charge in [0.25, 0.3) is 0 Å². The van der Waals surface area contributed by atoms with Crippen molar-refractivity contribution in [3.05, 3.63) is 27.2 Å². The number of halogens is 2. The predicted octanol–water partition coefficient (Wildman–Crippen LogP) is 2.83. The van der Waals surface area contributed by atoms with E-state index in [-0.39, 0.29) is 12.4 Å². The quantitative estimate of drug-likeness (QED) is 0.804. The predicted molar refractivity (Wildman–Crippen MR) is 61.4 cm³/mol. The van der Waals surface area contributed by atoms with E-state index in [1.54, 1.807) is 12.1 Å². The summed E-state index contributed by atoms with van der Waals surface area (Å²) in [6.45, 7) is 0. The Labute approximate surface area is 101 Å². The van der Waals surface area contributed by atoms with Crippen LogP contribution in [0.1, 0.15) is 5.56 Å². The van der Waals surface area contributed by atoms with E-state index in [9.17, 15) is 4.79 Å². The number of esters is 1. The largest absolute Gasteiger partial charge is 0.494 e. The van der Waals surface area contributed by atoms with Crippen LogP contribution in [0.2, 0.25) is 5.02 Å². The first-order chi connectivity index (χ1) is 7.08. The zero-order valence-electron chi connectivity index (χ0n) is 8.34. The molecule has 0 unspecified atom stereocenters. The minimum absolute atomic E-state index is 0.193. The monoisotopic (exact) mass is 292 g/mol. The van der Waals surface area contributed by atoms with Gasteiger partial charge in [0.15, 0.2) is 5.75 Å². The van der Waals surface area contributed by atoms with Gasteiger partial charge in [-0.1, -0.05) is 11.6 Å². The standard InChI is InChI=1S/C10H10BrClO3/c1-14-9(13)5-6-3-7(11)10(15-2)8(12)4-6/h3-4H,5H2,1-2H3. The fourth-order valence-corrected chi connectivity index (χ4v) is 2.25. The molecule has 82 valence electrons. The Balaban J connectivity index is 2.98. The molecule has 0 amide bonds. The third-order valence-electron chi connectivity index (χ3n) is 1.84. The zero-order valence-corrected chi connectivity index (χ0v) is 10.7. The first-order valence-electron chi connectivity index (χ1n) is 4.17. The third-order valence-corrected chi connectivity index (χ3v) is 2.71. The summed E-state index contributed by atoms with van der Waals surface area (Å²) in [6, 6.07) is 3.46. The van der Waals surface area contributed by atoms with E-state index in [1.165, 1.54) is 14.2 Å². The van der Waals surface area contributed by atoms with Crippen LogP contribution in [0.25, 0.3) is 0 Å². The Morgan fingerprint density at radius 2 is 2.13 bits per heavy atom. The molecule has 0 N–H and O–H groups in total. The average molecular weight is 294 g/mol. The summed E-state index contributed by atoms with van der Waals surface area (Å²) in [6.07, 6.45) is 0.193. The lowest BCUT2D eigenvalue weighted by Gasteiger charge is -2.08. The molecule has 5 heteroatoms. The topological polar surface area (TPSA) is 35.5 Å². The summed E-state index contributed by atoms with van der Waals surface area (Å²) in [5.74, 6) is 0.258. The number of hydrogen-bond acceptors (Lipinski definition) is 3. The maximum Gasteiger partial charge on any atom is 0.309 e. The van der Waals surface area contributed by atoms with Crippen LogP contribution in [0, 0.1) is 0 Å². The Morgan fingerprint density at radius 3 is 2.60 bits per heavy atom. The van der Waals surface area contributed by atoms with Crippen molar-refractivity contribution in [2.24, 2.45) is 0 Å². The van der Waals surface area contributed by atoms with E-state index in [0.717, 1.165) is 10.0 Å². The molecule has 0 bridgehead atoms. The lowest BCUT2D eigenvalue weighted by atomic mass is 10.1. The van der Waals surface area contributed by atoms with Gasteiger partial charge in [0.05, 0.1) is 30.1 Å². The van der Waals surface area contributed by atoms with E-state index in [1.807, 2.05) is 0 Å². The van der Waals surface area contributed by atoms with Crippen molar-refractivity contribution >= 4 is 33.5 Å². The van der Waals surface area contributed by atoms with Gasteiger partial charge in [-0.3, -0.25) is 4.79 Å². The van der Waals surface area contributed by atoms with E-state index < -0.39 is 0 Å². The van der Waals surface area contributed by atoms with E-state index in [4.69, 9.17) is 16.3 Å². The number of methoxy groups -OCH3 is 2. The highest BCUT2D eigenvalue weighted by molar-refractivity contribution is 9.10. The summed E-state index contributed by atoms with van der Waals surface area (Å²) < 4.78 is 10.3. The molecule has 15 heavy (non-hydrogen) atoms. The lowest BCUT2D eigenvalue weighted by molar-refractivity contribution is -0.139. The summed E-state index contributed by atoms with van der Waals surface area (Å²) in [5.41, 5.74) is 0.777. The van der Waals surface area contributed by atoms with Crippen molar-refractivity contribution in [1.82, 2.24) is 0 Å². The normalized spacial score (nSPS) is 9.87. The van der Waals surface area contributed by atoms with Crippen LogP contribution in [-0.2, 0) is 16.0 Å². The summed E-state index contributed by atoms with van der Waals surface area (Å²) in [5, 5.41) is 0.464. The average Bonchev–Trinajstić information content (AvgIpc) is 2.17. The maximum atomic E-state index is 11.0. The minimum Gasteiger partial charge on any atom is -0.494 e. The van der Waals surface area contributed by atoms with E-state index in [0.29, 0.717) is 10.8 Å². The second-order valence-electron chi connectivity index (χ2n) is 2.85. The van der Waals surface area contributed by atoms with Gasteiger partial charge in [0.2, 0.25) is 0 Å². The molecule has 0 aliphatic carbocycles. The van der Waals surface area contributed by atoms with E-state index in [2.05, 4.69) is 20.7 Å². The fraction of sp³-hybridized carbons (Fsp3) is 0.300. The Kier molecular flexibility index (Phi) is 4.42. The van der Waals surface area contributed by atoms with Crippen LogP contribution in [-0.4, -0.2) is 20.2 Å². The zero-order chi connectivity index (χ0) is 11.4. The van der Waals surface area contributed by atoms with Gasteiger partial charge >= 0.3 is 5.97 Å². The smallest absolute Gasteiger partial charge is 0.309 e. The molecule has 0 atom stereocenters. The molecule has 0 saturated heterocycles. The molecule has 1 rings (SSSR count). The Hall–Kier alpha value is -0.740. The molecule has 0 saturated carbocycles. The van der Waals surface area contributed by atoms with Gasteiger partial charge in [0, 0.05) is 0 Å². The van der Waals surface area contributed by atoms with Crippen LogP contribution in [0.5, 0.6) is 5.75 Å². The Morgan fingerprint density at radius 1 is 1.47 bits per heavy atom. The second kappa shape index (κ2) is 5.37. The van der Waals surface area contributed by atoms with Gasteiger partial charge in [0.1, 0.15) is 0 Å². The molecule has 0 radical (unpaired) electrons. The van der Waals surface area contributed by atoms with Crippen LogP contribution < -0.4 is 4.74 Å². The van der Waals surface area contributed by atoms with Gasteiger partial charge in [-0.25, -0.2) is 0 Å². The van der Waals surface area contributed by atoms with Crippen LogP contribution in [0.3, 0.4) is 0 Å². The van der Waals surface area contributed by atoms with Crippen molar-refractivity contribution in [1.29, 1.82) is 0 Å². The molecule has 0 fully saturated rings. The summed E-state index contributed by atoms with van der Waals surface area (Å²) in [4.78, 5) is 11.0. The maximum absolute atomic E-state index is 11.0. The number of benzene rings is 1. The van der Waals surface area contributed by atoms with Gasteiger partial charge in [-0.2, -0.15) is 0 Å². The van der Waals surface area contributed by atoms with Gasteiger partial charge < -0.3 is 9.47 Å². The Bertz CT molecular complexity index is 356. The van der Waals surface area contributed by atoms with Gasteiger partial charge in [-0.05, 0) is 33.6 Å². The number of carbonyl (C=O) groups excluding carboxylic acids is 1. The molecule has 1 aromatic carbocycles. The summed E-state index contributed by atoms with van der Waals surface area (Å²) in [7, 11) is 2.88. The molecule has 0 aliphatic heterocycles. The van der Waals surface area contributed by atoms with Crippen molar-refractivity contribution < 1.29 is 14.3 Å². The number of hydrogen-bond donors (Lipinski definition) is 0. The SMILES string of the molecule is COC(=O)Cc1cc(Cl)c(OC)c(Br)c1. The molecular formula is C10H10BrClO3. The van der Waals surface area contributed by atoms with Crippen LogP contribution in [0.15, 0.2) is 16.6 Å². The molecular weight excluding hydrogens is 283 g/mol. The molecule has 1 aromatic rings. The number of ether oxygens (including phenoxy) is 2. The van der Waals surface area contributed by atoms with Crippen molar-refractivity contribution in [2.75, 3.05) is 14.2 Å². The summed E-state index contributed by atoms with van der Waals surface area (Å²) >= 11 is 9.26. The van der Waals surface area contributed by atoms with Crippen LogP contribution in [0.4, 0.5) is 0 Å². The van der Waals surface area contributed by atoms with Crippen LogP contribution >= 0.6 is 27.5 Å². The minimum atomic E-state index is -0.303. The first kappa shape index (κ1) is 12.3. The van der Waals surface area contributed by atoms with Crippen molar-refractivity contribution in [3.63, 3.8) is 0 Å². The van der Waals surface area contributed by atoms with Crippen molar-refractivity contribution in [3.8, 4) is 5.75 Å². The molecule has 3 nitrogen and oxygen atoms in total. The van der Waals surface area contributed by atoms with Crippen molar-refractivity contribution in [2.45, 2.75) is 6.42 Å². The highest BCUT2D eigenvalue weighted by atomic mass is 79.9.